The molecule has 3 heterocycles. The van der Waals surface area contributed by atoms with E-state index in [2.05, 4.69) is 15.5 Å². The molecule has 0 unspecified atom stereocenters. The molecule has 8 nitrogen and oxygen atoms in total. The van der Waals surface area contributed by atoms with Crippen molar-refractivity contribution in [3.63, 3.8) is 0 Å². The third-order valence-corrected chi connectivity index (χ3v) is 5.79. The Morgan fingerprint density at radius 3 is 2.52 bits per heavy atom. The van der Waals surface area contributed by atoms with Crippen LogP contribution in [0.3, 0.4) is 0 Å². The highest BCUT2D eigenvalue weighted by atomic mass is 16.2. The Labute approximate surface area is 171 Å². The lowest BCUT2D eigenvalue weighted by atomic mass is 9.93. The molecule has 2 aromatic heterocycles. The van der Waals surface area contributed by atoms with E-state index >= 15 is 0 Å². The second-order valence-corrected chi connectivity index (χ2v) is 9.34. The zero-order valence-electron chi connectivity index (χ0n) is 17.6. The van der Waals surface area contributed by atoms with E-state index in [9.17, 15) is 9.59 Å². The number of aryl methyl sites for hydroxylation is 1. The molecule has 1 saturated carbocycles. The molecule has 2 fully saturated rings. The van der Waals surface area contributed by atoms with E-state index in [-0.39, 0.29) is 35.9 Å². The predicted octanol–water partition coefficient (Wildman–Crippen LogP) is 2.00. The molecule has 1 N–H and O–H groups in total. The highest BCUT2D eigenvalue weighted by Gasteiger charge is 2.45. The minimum absolute atomic E-state index is 0.00882. The summed E-state index contributed by atoms with van der Waals surface area (Å²) in [5.41, 5.74) is 1.93. The Morgan fingerprint density at radius 1 is 1.17 bits per heavy atom. The van der Waals surface area contributed by atoms with Crippen LogP contribution in [0.25, 0.3) is 0 Å². The van der Waals surface area contributed by atoms with Gasteiger partial charge in [0.1, 0.15) is 6.54 Å². The van der Waals surface area contributed by atoms with Crippen LogP contribution in [0.1, 0.15) is 63.1 Å². The van der Waals surface area contributed by atoms with Crippen LogP contribution in [-0.2, 0) is 23.2 Å². The summed E-state index contributed by atoms with van der Waals surface area (Å²) in [5, 5.41) is 11.6. The number of hydrogen-bond donors (Lipinski definition) is 1. The SMILES string of the molecule is Cn1cc([C@@H]2[C@@H](CNC(=O)Cn3cc(C4CC4)cn3)CC(=O)N2C(C)(C)C)cn1. The molecule has 1 aliphatic carbocycles. The van der Waals surface area contributed by atoms with Crippen LogP contribution in [-0.4, -0.2) is 48.4 Å². The van der Waals surface area contributed by atoms with E-state index in [1.165, 1.54) is 18.4 Å². The number of carbonyl (C=O) groups is 2. The molecule has 0 radical (unpaired) electrons. The van der Waals surface area contributed by atoms with Crippen LogP contribution in [0.2, 0.25) is 0 Å². The van der Waals surface area contributed by atoms with Crippen LogP contribution >= 0.6 is 0 Å². The minimum atomic E-state index is -0.301. The molecule has 0 spiro atoms. The average Bonchev–Trinajstić information content (AvgIpc) is 3.05. The van der Waals surface area contributed by atoms with Crippen molar-refractivity contribution >= 4 is 11.8 Å². The van der Waals surface area contributed by atoms with Gasteiger partial charge in [0, 0.05) is 49.4 Å². The van der Waals surface area contributed by atoms with Gasteiger partial charge in [-0.3, -0.25) is 19.0 Å². The van der Waals surface area contributed by atoms with E-state index < -0.39 is 0 Å². The first kappa shape index (κ1) is 19.7. The maximum absolute atomic E-state index is 12.8. The normalized spacial score (nSPS) is 22.3. The first-order chi connectivity index (χ1) is 13.7. The number of likely N-dealkylation sites (tertiary alicyclic amines) is 1. The van der Waals surface area contributed by atoms with Crippen LogP contribution in [0.4, 0.5) is 0 Å². The van der Waals surface area contributed by atoms with Crippen LogP contribution in [0, 0.1) is 5.92 Å². The molecule has 1 saturated heterocycles. The molecule has 2 aromatic rings. The summed E-state index contributed by atoms with van der Waals surface area (Å²) in [5.74, 6) is 0.670. The van der Waals surface area contributed by atoms with Crippen molar-refractivity contribution in [1.82, 2.24) is 29.8 Å². The molecule has 0 aromatic carbocycles. The molecule has 156 valence electrons. The average molecular weight is 399 g/mol. The standard InChI is InChI=1S/C21H30N6O2/c1-21(2,3)27-19(29)7-15(20(27)17-10-23-25(4)11-17)8-22-18(28)13-26-12-16(9-24-26)14-5-6-14/h9-12,14-15,20H,5-8,13H2,1-4H3,(H,22,28)/t15-,20+/m1/s1. The molecule has 29 heavy (non-hydrogen) atoms. The summed E-state index contributed by atoms with van der Waals surface area (Å²) in [6.45, 7) is 6.79. The summed E-state index contributed by atoms with van der Waals surface area (Å²) < 4.78 is 3.45. The van der Waals surface area contributed by atoms with Gasteiger partial charge in [-0.25, -0.2) is 0 Å². The second kappa shape index (κ2) is 7.31. The van der Waals surface area contributed by atoms with E-state index in [0.29, 0.717) is 18.9 Å². The van der Waals surface area contributed by atoms with Gasteiger partial charge in [-0.1, -0.05) is 0 Å². The molecule has 0 bridgehead atoms. The summed E-state index contributed by atoms with van der Waals surface area (Å²) >= 11 is 0. The number of hydrogen-bond acceptors (Lipinski definition) is 4. The summed E-state index contributed by atoms with van der Waals surface area (Å²) in [6.07, 6.45) is 10.5. The Kier molecular flexibility index (Phi) is 4.96. The minimum Gasteiger partial charge on any atom is -0.354 e. The number of rotatable bonds is 6. The number of carbonyl (C=O) groups excluding carboxylic acids is 2. The molecule has 4 rings (SSSR count). The van der Waals surface area contributed by atoms with Crippen molar-refractivity contribution in [1.29, 1.82) is 0 Å². The number of nitrogens with one attached hydrogen (secondary N) is 1. The molecule has 2 atom stereocenters. The van der Waals surface area contributed by atoms with Gasteiger partial charge >= 0.3 is 0 Å². The molecule has 1 aliphatic heterocycles. The summed E-state index contributed by atoms with van der Waals surface area (Å²) in [6, 6.07) is -0.0947. The van der Waals surface area contributed by atoms with Gasteiger partial charge in [0.25, 0.3) is 0 Å². The summed E-state index contributed by atoms with van der Waals surface area (Å²) in [4.78, 5) is 27.2. The smallest absolute Gasteiger partial charge is 0.241 e. The quantitative estimate of drug-likeness (QED) is 0.807. The fourth-order valence-corrected chi connectivity index (χ4v) is 4.33. The molecular weight excluding hydrogens is 368 g/mol. The number of aromatic nitrogens is 4. The molecule has 2 aliphatic rings. The largest absolute Gasteiger partial charge is 0.354 e. The Bertz CT molecular complexity index is 904. The third-order valence-electron chi connectivity index (χ3n) is 5.79. The lowest BCUT2D eigenvalue weighted by Crippen LogP contribution is -2.44. The van der Waals surface area contributed by atoms with E-state index in [1.807, 2.05) is 57.5 Å². The Morgan fingerprint density at radius 2 is 1.90 bits per heavy atom. The lowest BCUT2D eigenvalue weighted by Gasteiger charge is -2.38. The number of nitrogens with zero attached hydrogens (tertiary/aromatic N) is 5. The van der Waals surface area contributed by atoms with Gasteiger partial charge in [-0.15, -0.1) is 0 Å². The Balaban J connectivity index is 1.43. The van der Waals surface area contributed by atoms with E-state index in [0.717, 1.165) is 5.56 Å². The van der Waals surface area contributed by atoms with Crippen molar-refractivity contribution in [3.05, 3.63) is 35.9 Å². The van der Waals surface area contributed by atoms with Crippen molar-refractivity contribution in [2.24, 2.45) is 13.0 Å². The first-order valence-corrected chi connectivity index (χ1v) is 10.3. The first-order valence-electron chi connectivity index (χ1n) is 10.3. The number of amides is 2. The highest BCUT2D eigenvalue weighted by molar-refractivity contribution is 5.81. The van der Waals surface area contributed by atoms with Gasteiger partial charge < -0.3 is 10.2 Å². The van der Waals surface area contributed by atoms with Crippen molar-refractivity contribution in [2.75, 3.05) is 6.54 Å². The van der Waals surface area contributed by atoms with Crippen LogP contribution in [0.5, 0.6) is 0 Å². The fourth-order valence-electron chi connectivity index (χ4n) is 4.33. The monoisotopic (exact) mass is 398 g/mol. The Hall–Kier alpha value is -2.64. The van der Waals surface area contributed by atoms with Gasteiger partial charge in [0.2, 0.25) is 11.8 Å². The van der Waals surface area contributed by atoms with E-state index in [4.69, 9.17) is 0 Å². The van der Waals surface area contributed by atoms with Gasteiger partial charge in [0.15, 0.2) is 0 Å². The molecule has 8 heteroatoms. The van der Waals surface area contributed by atoms with Crippen LogP contribution < -0.4 is 5.32 Å². The maximum Gasteiger partial charge on any atom is 0.241 e. The predicted molar refractivity (Wildman–Crippen MR) is 108 cm³/mol. The van der Waals surface area contributed by atoms with Crippen molar-refractivity contribution in [3.8, 4) is 0 Å². The topological polar surface area (TPSA) is 85.0 Å². The zero-order chi connectivity index (χ0) is 20.8. The zero-order valence-corrected chi connectivity index (χ0v) is 17.6. The molecule has 2 amide bonds. The van der Waals surface area contributed by atoms with Crippen molar-refractivity contribution in [2.45, 2.75) is 64.1 Å². The molecular formula is C21H30N6O2. The highest BCUT2D eigenvalue weighted by Crippen LogP contribution is 2.42. The van der Waals surface area contributed by atoms with Gasteiger partial charge in [-0.05, 0) is 45.1 Å². The van der Waals surface area contributed by atoms with E-state index in [1.54, 1.807) is 9.36 Å². The van der Waals surface area contributed by atoms with Gasteiger partial charge in [-0.2, -0.15) is 10.2 Å². The summed E-state index contributed by atoms with van der Waals surface area (Å²) in [7, 11) is 1.87. The third kappa shape index (κ3) is 4.21. The van der Waals surface area contributed by atoms with Gasteiger partial charge in [0.05, 0.1) is 18.4 Å². The second-order valence-electron chi connectivity index (χ2n) is 9.34. The fraction of sp³-hybridized carbons (Fsp3) is 0.619. The van der Waals surface area contributed by atoms with Crippen LogP contribution in [0.15, 0.2) is 24.8 Å². The maximum atomic E-state index is 12.8. The lowest BCUT2D eigenvalue weighted by molar-refractivity contribution is -0.133. The van der Waals surface area contributed by atoms with Crippen molar-refractivity contribution < 1.29 is 9.59 Å².